The lowest BCUT2D eigenvalue weighted by atomic mass is 9.72. The zero-order chi connectivity index (χ0) is 22.9. The molecule has 1 aliphatic rings. The smallest absolute Gasteiger partial charge is 0.324 e. The zero-order valence-electron chi connectivity index (χ0n) is 18.7. The number of rotatable bonds is 6. The number of piperidine rings is 1. The molecule has 4 N–H and O–H groups in total. The number of anilines is 2. The summed E-state index contributed by atoms with van der Waals surface area (Å²) in [6.07, 6.45) is 4.83. The molecule has 1 atom stereocenters. The fraction of sp³-hybridized carbons (Fsp3) is 0.435. The first-order valence-corrected chi connectivity index (χ1v) is 10.9. The van der Waals surface area contributed by atoms with Gasteiger partial charge in [0.15, 0.2) is 5.82 Å². The number of aromatic nitrogens is 4. The van der Waals surface area contributed by atoms with Crippen molar-refractivity contribution in [3.05, 3.63) is 48.0 Å². The van der Waals surface area contributed by atoms with Crippen molar-refractivity contribution in [2.24, 2.45) is 17.6 Å². The lowest BCUT2D eigenvalue weighted by Gasteiger charge is -2.31. The maximum atomic E-state index is 11.4. The van der Waals surface area contributed by atoms with Crippen LogP contribution in [0.2, 0.25) is 0 Å². The molecule has 1 fully saturated rings. The van der Waals surface area contributed by atoms with Crippen molar-refractivity contribution in [2.45, 2.75) is 39.0 Å². The molecular weight excluding hydrogens is 406 g/mol. The summed E-state index contributed by atoms with van der Waals surface area (Å²) >= 11 is 0. The van der Waals surface area contributed by atoms with Crippen molar-refractivity contribution in [3.8, 4) is 11.1 Å². The van der Waals surface area contributed by atoms with Crippen LogP contribution in [0, 0.1) is 11.8 Å². The van der Waals surface area contributed by atoms with E-state index in [1.54, 1.807) is 12.4 Å². The van der Waals surface area contributed by atoms with Crippen LogP contribution in [0.15, 0.2) is 41.2 Å². The third-order valence-electron chi connectivity index (χ3n) is 6.69. The molecule has 9 heteroatoms. The molecule has 1 saturated heterocycles. The molecule has 0 bridgehead atoms. The molecule has 0 aliphatic carbocycles. The molecule has 2 aromatic heterocycles. The predicted molar refractivity (Wildman–Crippen MR) is 122 cm³/mol. The minimum atomic E-state index is -0.441. The van der Waals surface area contributed by atoms with Crippen molar-refractivity contribution >= 4 is 17.9 Å². The van der Waals surface area contributed by atoms with E-state index in [-0.39, 0.29) is 23.7 Å². The monoisotopic (exact) mass is 435 g/mol. The molecule has 3 heterocycles. The Hall–Kier alpha value is -3.49. The van der Waals surface area contributed by atoms with Crippen molar-refractivity contribution in [1.82, 2.24) is 20.1 Å². The summed E-state index contributed by atoms with van der Waals surface area (Å²) in [6.45, 7) is 7.77. The first-order chi connectivity index (χ1) is 15.3. The first-order valence-electron chi connectivity index (χ1n) is 10.9. The van der Waals surface area contributed by atoms with Gasteiger partial charge in [-0.05, 0) is 36.8 Å². The van der Waals surface area contributed by atoms with E-state index in [1.165, 1.54) is 0 Å². The van der Waals surface area contributed by atoms with Crippen LogP contribution in [0.3, 0.4) is 0 Å². The van der Waals surface area contributed by atoms with Gasteiger partial charge < -0.3 is 20.9 Å². The Balaban J connectivity index is 1.58. The zero-order valence-corrected chi connectivity index (χ0v) is 18.7. The Morgan fingerprint density at radius 1 is 1.12 bits per heavy atom. The highest BCUT2D eigenvalue weighted by atomic mass is 16.5. The Morgan fingerprint density at radius 2 is 1.75 bits per heavy atom. The maximum absolute atomic E-state index is 11.4. The summed E-state index contributed by atoms with van der Waals surface area (Å²) in [5, 5.41) is 4.35. The molecule has 0 spiro atoms. The fourth-order valence-corrected chi connectivity index (χ4v) is 4.13. The number of nitrogen functional groups attached to an aromatic ring is 1. The highest BCUT2D eigenvalue weighted by Gasteiger charge is 2.38. The topological polar surface area (TPSA) is 137 Å². The number of amides is 1. The summed E-state index contributed by atoms with van der Waals surface area (Å²) in [4.78, 5) is 26.4. The summed E-state index contributed by atoms with van der Waals surface area (Å²) in [6, 6.07) is 8.74. The van der Waals surface area contributed by atoms with Crippen molar-refractivity contribution in [2.75, 3.05) is 23.7 Å². The average molecular weight is 436 g/mol. The molecule has 0 radical (unpaired) electrons. The summed E-state index contributed by atoms with van der Waals surface area (Å²) in [5.74, 6) is 0.795. The minimum absolute atomic E-state index is 0.0838. The molecule has 0 saturated carbocycles. The predicted octanol–water partition coefficient (Wildman–Crippen LogP) is 2.77. The van der Waals surface area contributed by atoms with Gasteiger partial charge in [0.2, 0.25) is 11.9 Å². The van der Waals surface area contributed by atoms with Gasteiger partial charge in [-0.2, -0.15) is 4.98 Å². The molecule has 168 valence electrons. The summed E-state index contributed by atoms with van der Waals surface area (Å²) in [5.41, 5.74) is 13.6. The number of hydrogen-bond donors (Lipinski definition) is 2. The number of primary amides is 1. The van der Waals surface area contributed by atoms with Gasteiger partial charge in [-0.1, -0.05) is 43.3 Å². The first kappa shape index (κ1) is 21.7. The van der Waals surface area contributed by atoms with E-state index < -0.39 is 5.41 Å². The van der Waals surface area contributed by atoms with Crippen LogP contribution in [-0.4, -0.2) is 39.1 Å². The van der Waals surface area contributed by atoms with Gasteiger partial charge in [0.05, 0.1) is 5.41 Å². The average Bonchev–Trinajstić information content (AvgIpc) is 3.30. The van der Waals surface area contributed by atoms with Crippen LogP contribution in [0.4, 0.5) is 12.0 Å². The SMILES string of the molecule is CC(C)C(C)(c1ccc(-c2cnc(N)nc2)cc1)c1noc(N2CCC(C(N)=O)CC2)n1. The second-order valence-electron chi connectivity index (χ2n) is 8.83. The van der Waals surface area contributed by atoms with Gasteiger partial charge in [-0.15, -0.1) is 0 Å². The molecular formula is C23H29N7O2. The van der Waals surface area contributed by atoms with Crippen LogP contribution in [0.25, 0.3) is 11.1 Å². The van der Waals surface area contributed by atoms with Gasteiger partial charge in [0.25, 0.3) is 0 Å². The molecule has 4 rings (SSSR count). The van der Waals surface area contributed by atoms with E-state index in [0.29, 0.717) is 37.8 Å². The number of nitrogens with zero attached hydrogens (tertiary/aromatic N) is 5. The van der Waals surface area contributed by atoms with Crippen LogP contribution in [-0.2, 0) is 10.2 Å². The molecule has 1 unspecified atom stereocenters. The molecule has 1 aliphatic heterocycles. The Morgan fingerprint density at radius 3 is 2.31 bits per heavy atom. The van der Waals surface area contributed by atoms with E-state index >= 15 is 0 Å². The fourth-order valence-electron chi connectivity index (χ4n) is 4.13. The quantitative estimate of drug-likeness (QED) is 0.603. The van der Waals surface area contributed by atoms with Crippen molar-refractivity contribution < 1.29 is 9.32 Å². The van der Waals surface area contributed by atoms with E-state index in [1.807, 2.05) is 17.0 Å². The van der Waals surface area contributed by atoms with Crippen LogP contribution in [0.5, 0.6) is 0 Å². The lowest BCUT2D eigenvalue weighted by molar-refractivity contribution is -0.122. The molecule has 32 heavy (non-hydrogen) atoms. The maximum Gasteiger partial charge on any atom is 0.324 e. The third kappa shape index (κ3) is 4.02. The molecule has 3 aromatic rings. The highest BCUT2D eigenvalue weighted by molar-refractivity contribution is 5.76. The second-order valence-corrected chi connectivity index (χ2v) is 8.83. The van der Waals surface area contributed by atoms with Gasteiger partial charge in [0, 0.05) is 37.0 Å². The Kier molecular flexibility index (Phi) is 5.82. The van der Waals surface area contributed by atoms with Gasteiger partial charge >= 0.3 is 6.01 Å². The lowest BCUT2D eigenvalue weighted by Crippen LogP contribution is -2.38. The van der Waals surface area contributed by atoms with E-state index in [4.69, 9.17) is 21.0 Å². The Labute approximate surface area is 187 Å². The number of benzene rings is 1. The standard InChI is InChI=1S/C23H29N7O2/c1-14(2)23(3,18-6-4-15(5-7-18)17-12-26-21(25)27-13-17)20-28-22(32-29-20)30-10-8-16(9-11-30)19(24)31/h4-7,12-14,16H,8-11H2,1-3H3,(H2,24,31)(H2,25,26,27). The van der Waals surface area contributed by atoms with E-state index in [2.05, 4.69) is 48.0 Å². The minimum Gasteiger partial charge on any atom is -0.369 e. The van der Waals surface area contributed by atoms with Crippen LogP contribution in [0.1, 0.15) is 45.0 Å². The van der Waals surface area contributed by atoms with E-state index in [0.717, 1.165) is 16.7 Å². The second kappa shape index (κ2) is 8.57. The molecule has 1 amide bonds. The van der Waals surface area contributed by atoms with Crippen molar-refractivity contribution in [3.63, 3.8) is 0 Å². The van der Waals surface area contributed by atoms with Crippen LogP contribution >= 0.6 is 0 Å². The largest absolute Gasteiger partial charge is 0.369 e. The normalized spacial score (nSPS) is 16.8. The molecule has 1 aromatic carbocycles. The molecule has 9 nitrogen and oxygen atoms in total. The van der Waals surface area contributed by atoms with Gasteiger partial charge in [-0.25, -0.2) is 9.97 Å². The summed E-state index contributed by atoms with van der Waals surface area (Å²) in [7, 11) is 0. The number of carbonyl (C=O) groups excluding carboxylic acids is 1. The highest BCUT2D eigenvalue weighted by Crippen LogP contribution is 2.39. The van der Waals surface area contributed by atoms with Gasteiger partial charge in [-0.3, -0.25) is 4.79 Å². The summed E-state index contributed by atoms with van der Waals surface area (Å²) < 4.78 is 5.64. The number of carbonyl (C=O) groups is 1. The number of nitrogens with two attached hydrogens (primary N) is 2. The van der Waals surface area contributed by atoms with Crippen LogP contribution < -0.4 is 16.4 Å². The third-order valence-corrected chi connectivity index (χ3v) is 6.69. The van der Waals surface area contributed by atoms with Crippen molar-refractivity contribution in [1.29, 1.82) is 0 Å². The number of hydrogen-bond acceptors (Lipinski definition) is 8. The Bertz CT molecular complexity index is 1070. The van der Waals surface area contributed by atoms with E-state index in [9.17, 15) is 4.79 Å². The van der Waals surface area contributed by atoms with Gasteiger partial charge in [0.1, 0.15) is 0 Å².